The SMILES string of the molecule is Cc1ccc(COc2ccccc2CNCCNCCO)cc1.Cl.Cl. The van der Waals surface area contributed by atoms with Gasteiger partial charge in [-0.2, -0.15) is 0 Å². The highest BCUT2D eigenvalue weighted by molar-refractivity contribution is 5.85. The fraction of sp³-hybridized carbons (Fsp3) is 0.368. The Balaban J connectivity index is 0.00000288. The van der Waals surface area contributed by atoms with Crippen molar-refractivity contribution >= 4 is 24.8 Å². The third-order valence-electron chi connectivity index (χ3n) is 3.57. The van der Waals surface area contributed by atoms with E-state index < -0.39 is 0 Å². The molecule has 2 aromatic carbocycles. The van der Waals surface area contributed by atoms with Gasteiger partial charge in [-0.05, 0) is 18.6 Å². The maximum atomic E-state index is 8.71. The van der Waals surface area contributed by atoms with Gasteiger partial charge in [0.05, 0.1) is 6.61 Å². The minimum absolute atomic E-state index is 0. The molecule has 4 nitrogen and oxygen atoms in total. The summed E-state index contributed by atoms with van der Waals surface area (Å²) in [6, 6.07) is 16.5. The Hall–Kier alpha value is -1.30. The summed E-state index contributed by atoms with van der Waals surface area (Å²) in [5, 5.41) is 15.2. The summed E-state index contributed by atoms with van der Waals surface area (Å²) in [6.45, 7) is 5.94. The van der Waals surface area contributed by atoms with Gasteiger partial charge in [-0.15, -0.1) is 24.8 Å². The number of rotatable bonds is 10. The molecule has 0 atom stereocenters. The predicted octanol–water partition coefficient (Wildman–Crippen LogP) is 3.09. The van der Waals surface area contributed by atoms with Crippen molar-refractivity contribution in [2.45, 2.75) is 20.1 Å². The molecular formula is C19H28Cl2N2O2. The third-order valence-corrected chi connectivity index (χ3v) is 3.57. The van der Waals surface area contributed by atoms with Crippen LogP contribution in [0.2, 0.25) is 0 Å². The van der Waals surface area contributed by atoms with Gasteiger partial charge in [-0.3, -0.25) is 0 Å². The number of aliphatic hydroxyl groups is 1. The Morgan fingerprint density at radius 2 is 1.56 bits per heavy atom. The van der Waals surface area contributed by atoms with Crippen LogP contribution in [0.5, 0.6) is 5.75 Å². The molecular weight excluding hydrogens is 359 g/mol. The second-order valence-corrected chi connectivity index (χ2v) is 5.53. The zero-order valence-corrected chi connectivity index (χ0v) is 16.2. The fourth-order valence-electron chi connectivity index (χ4n) is 2.24. The monoisotopic (exact) mass is 386 g/mol. The van der Waals surface area contributed by atoms with Crippen LogP contribution in [0, 0.1) is 6.92 Å². The number of benzene rings is 2. The van der Waals surface area contributed by atoms with Gasteiger partial charge in [-0.25, -0.2) is 0 Å². The summed E-state index contributed by atoms with van der Waals surface area (Å²) < 4.78 is 5.97. The molecule has 6 heteroatoms. The first-order chi connectivity index (χ1) is 11.3. The lowest BCUT2D eigenvalue weighted by molar-refractivity contribution is 0.292. The molecule has 0 fully saturated rings. The highest BCUT2D eigenvalue weighted by Crippen LogP contribution is 2.19. The van der Waals surface area contributed by atoms with Gasteiger partial charge in [0.25, 0.3) is 0 Å². The normalized spacial score (nSPS) is 9.84. The summed E-state index contributed by atoms with van der Waals surface area (Å²) in [5.41, 5.74) is 3.58. The number of para-hydroxylation sites is 1. The molecule has 0 heterocycles. The van der Waals surface area contributed by atoms with Crippen molar-refractivity contribution in [3.05, 3.63) is 65.2 Å². The Morgan fingerprint density at radius 1 is 0.880 bits per heavy atom. The zero-order valence-electron chi connectivity index (χ0n) is 14.5. The van der Waals surface area contributed by atoms with Crippen molar-refractivity contribution in [2.75, 3.05) is 26.2 Å². The van der Waals surface area contributed by atoms with E-state index in [0.717, 1.165) is 30.9 Å². The van der Waals surface area contributed by atoms with Gasteiger partial charge in [-0.1, -0.05) is 48.0 Å². The summed E-state index contributed by atoms with van der Waals surface area (Å²) >= 11 is 0. The van der Waals surface area contributed by atoms with E-state index in [1.165, 1.54) is 11.1 Å². The van der Waals surface area contributed by atoms with Crippen LogP contribution in [0.4, 0.5) is 0 Å². The summed E-state index contributed by atoms with van der Waals surface area (Å²) in [6.07, 6.45) is 0. The maximum absolute atomic E-state index is 8.71. The molecule has 0 aromatic heterocycles. The molecule has 0 bridgehead atoms. The lowest BCUT2D eigenvalue weighted by Crippen LogP contribution is -2.28. The van der Waals surface area contributed by atoms with E-state index >= 15 is 0 Å². The molecule has 0 saturated carbocycles. The smallest absolute Gasteiger partial charge is 0.124 e. The van der Waals surface area contributed by atoms with Crippen LogP contribution in [0.25, 0.3) is 0 Å². The predicted molar refractivity (Wildman–Crippen MR) is 108 cm³/mol. The van der Waals surface area contributed by atoms with Crippen molar-refractivity contribution in [1.82, 2.24) is 10.6 Å². The number of hydrogen-bond acceptors (Lipinski definition) is 4. The van der Waals surface area contributed by atoms with E-state index in [9.17, 15) is 0 Å². The van der Waals surface area contributed by atoms with E-state index in [1.54, 1.807) is 0 Å². The van der Waals surface area contributed by atoms with Gasteiger partial charge < -0.3 is 20.5 Å². The molecule has 0 aliphatic heterocycles. The lowest BCUT2D eigenvalue weighted by atomic mass is 10.1. The summed E-state index contributed by atoms with van der Waals surface area (Å²) in [7, 11) is 0. The number of nitrogens with one attached hydrogen (secondary N) is 2. The van der Waals surface area contributed by atoms with Gasteiger partial charge in [0.2, 0.25) is 0 Å². The number of ether oxygens (including phenoxy) is 1. The molecule has 2 rings (SSSR count). The third kappa shape index (κ3) is 9.10. The quantitative estimate of drug-likeness (QED) is 0.549. The van der Waals surface area contributed by atoms with E-state index in [4.69, 9.17) is 9.84 Å². The average molecular weight is 387 g/mol. The lowest BCUT2D eigenvalue weighted by Gasteiger charge is -2.12. The molecule has 2 aromatic rings. The summed E-state index contributed by atoms with van der Waals surface area (Å²) in [4.78, 5) is 0. The number of aliphatic hydroxyl groups excluding tert-OH is 1. The van der Waals surface area contributed by atoms with Crippen molar-refractivity contribution in [3.63, 3.8) is 0 Å². The van der Waals surface area contributed by atoms with Crippen LogP contribution >= 0.6 is 24.8 Å². The van der Waals surface area contributed by atoms with Crippen molar-refractivity contribution < 1.29 is 9.84 Å². The molecule has 140 valence electrons. The van der Waals surface area contributed by atoms with E-state index in [1.807, 2.05) is 18.2 Å². The molecule has 25 heavy (non-hydrogen) atoms. The Morgan fingerprint density at radius 3 is 2.28 bits per heavy atom. The molecule has 0 aliphatic carbocycles. The average Bonchev–Trinajstić information content (AvgIpc) is 2.58. The topological polar surface area (TPSA) is 53.5 Å². The highest BCUT2D eigenvalue weighted by atomic mass is 35.5. The van der Waals surface area contributed by atoms with E-state index in [-0.39, 0.29) is 31.4 Å². The van der Waals surface area contributed by atoms with Crippen molar-refractivity contribution in [1.29, 1.82) is 0 Å². The van der Waals surface area contributed by atoms with Crippen LogP contribution in [0.15, 0.2) is 48.5 Å². The largest absolute Gasteiger partial charge is 0.489 e. The minimum Gasteiger partial charge on any atom is -0.489 e. The molecule has 3 N–H and O–H groups in total. The van der Waals surface area contributed by atoms with Crippen molar-refractivity contribution in [3.8, 4) is 5.75 Å². The van der Waals surface area contributed by atoms with E-state index in [0.29, 0.717) is 13.2 Å². The zero-order chi connectivity index (χ0) is 16.3. The van der Waals surface area contributed by atoms with Crippen LogP contribution < -0.4 is 15.4 Å². The number of halogens is 2. The molecule has 0 spiro atoms. The molecule has 0 saturated heterocycles. The highest BCUT2D eigenvalue weighted by Gasteiger charge is 2.03. The van der Waals surface area contributed by atoms with Gasteiger partial charge in [0.15, 0.2) is 0 Å². The van der Waals surface area contributed by atoms with Gasteiger partial charge >= 0.3 is 0 Å². The van der Waals surface area contributed by atoms with Crippen molar-refractivity contribution in [2.24, 2.45) is 0 Å². The second kappa shape index (κ2) is 13.9. The Labute approximate surface area is 162 Å². The second-order valence-electron chi connectivity index (χ2n) is 5.53. The van der Waals surface area contributed by atoms with Gasteiger partial charge in [0.1, 0.15) is 12.4 Å². The first-order valence-corrected chi connectivity index (χ1v) is 8.08. The Bertz CT molecular complexity index is 580. The molecule has 0 amide bonds. The van der Waals surface area contributed by atoms with Crippen LogP contribution in [0.3, 0.4) is 0 Å². The standard InChI is InChI=1S/C19H26N2O2.2ClH/c1-16-6-8-17(9-7-16)15-23-19-5-3-2-4-18(19)14-21-11-10-20-12-13-22;;/h2-9,20-22H,10-15H2,1H3;2*1H. The van der Waals surface area contributed by atoms with E-state index in [2.05, 4.69) is 47.9 Å². The first-order valence-electron chi connectivity index (χ1n) is 8.08. The molecule has 0 radical (unpaired) electrons. The van der Waals surface area contributed by atoms with Crippen LogP contribution in [-0.4, -0.2) is 31.3 Å². The van der Waals surface area contributed by atoms with Crippen LogP contribution in [-0.2, 0) is 13.2 Å². The molecule has 0 unspecified atom stereocenters. The number of hydrogen-bond donors (Lipinski definition) is 3. The minimum atomic E-state index is 0. The maximum Gasteiger partial charge on any atom is 0.124 e. The molecule has 0 aliphatic rings. The fourth-order valence-corrected chi connectivity index (χ4v) is 2.24. The van der Waals surface area contributed by atoms with Gasteiger partial charge in [0, 0.05) is 31.7 Å². The number of aryl methyl sites for hydroxylation is 1. The van der Waals surface area contributed by atoms with Crippen LogP contribution in [0.1, 0.15) is 16.7 Å². The summed E-state index contributed by atoms with van der Waals surface area (Å²) in [5.74, 6) is 0.920. The Kier molecular flexibility index (Phi) is 13.2. The first kappa shape index (κ1) is 23.7.